The molecule has 13 N–H and O–H groups in total. The molecule has 414 valence electrons. The molecule has 2 aromatic heterocycles. The van der Waals surface area contributed by atoms with Gasteiger partial charge in [0, 0.05) is 67.7 Å². The first-order valence-electron chi connectivity index (χ1n) is 24.5. The number of anilines is 2. The average Bonchev–Trinajstić information content (AvgIpc) is 3.90. The highest BCUT2D eigenvalue weighted by atomic mass is 16.6. The van der Waals surface area contributed by atoms with E-state index in [-0.39, 0.29) is 104 Å². The normalized spacial score (nSPS) is 13.1. The molecule has 0 saturated heterocycles. The van der Waals surface area contributed by atoms with Gasteiger partial charge in [-0.2, -0.15) is 0 Å². The Hall–Kier alpha value is -8.84. The van der Waals surface area contributed by atoms with Crippen molar-refractivity contribution in [3.05, 3.63) is 95.1 Å². The Balaban J connectivity index is 1.61. The van der Waals surface area contributed by atoms with Gasteiger partial charge < -0.3 is 66.8 Å². The van der Waals surface area contributed by atoms with Crippen LogP contribution in [-0.2, 0) is 41.7 Å². The van der Waals surface area contributed by atoms with Crippen molar-refractivity contribution in [2.75, 3.05) is 77.0 Å². The van der Waals surface area contributed by atoms with E-state index in [1.807, 2.05) is 0 Å². The number of esters is 1. The lowest BCUT2D eigenvalue weighted by Crippen LogP contribution is -2.27. The van der Waals surface area contributed by atoms with Crippen LogP contribution in [-0.4, -0.2) is 138 Å². The van der Waals surface area contributed by atoms with E-state index in [1.54, 1.807) is 88.1 Å². The highest BCUT2D eigenvalue weighted by Gasteiger charge is 2.23. The fourth-order valence-corrected chi connectivity index (χ4v) is 7.04. The zero-order valence-corrected chi connectivity index (χ0v) is 44.8. The van der Waals surface area contributed by atoms with Crippen molar-refractivity contribution in [2.45, 2.75) is 67.2 Å². The Kier molecular flexibility index (Phi) is 23.6. The van der Waals surface area contributed by atoms with Crippen LogP contribution >= 0.6 is 0 Å². The van der Waals surface area contributed by atoms with Gasteiger partial charge in [-0.25, -0.2) is 14.8 Å². The van der Waals surface area contributed by atoms with Gasteiger partial charge in [0.25, 0.3) is 11.8 Å². The van der Waals surface area contributed by atoms with Crippen molar-refractivity contribution >= 4 is 81.2 Å². The summed E-state index contributed by atoms with van der Waals surface area (Å²) in [6.07, 6.45) is 12.9. The van der Waals surface area contributed by atoms with Crippen LogP contribution in [0.3, 0.4) is 0 Å². The Morgan fingerprint density at radius 1 is 0.714 bits per heavy atom. The molecule has 25 nitrogen and oxygen atoms in total. The van der Waals surface area contributed by atoms with Crippen molar-refractivity contribution in [2.24, 2.45) is 43.6 Å². The number of nitrogens with one attached hydrogen (secondary N) is 3. The van der Waals surface area contributed by atoms with Crippen molar-refractivity contribution < 1.29 is 47.7 Å². The molecule has 0 bridgehead atoms. The van der Waals surface area contributed by atoms with Gasteiger partial charge in [0.2, 0.25) is 23.7 Å². The fourth-order valence-electron chi connectivity index (χ4n) is 7.04. The highest BCUT2D eigenvalue weighted by molar-refractivity contribution is 6.47. The number of fused-ring (bicyclic) bond motifs is 2. The summed E-state index contributed by atoms with van der Waals surface area (Å²) in [5.41, 5.74) is 31.5. The van der Waals surface area contributed by atoms with Crippen LogP contribution in [0.15, 0.2) is 99.0 Å². The first-order valence-corrected chi connectivity index (χ1v) is 24.5. The second-order valence-electron chi connectivity index (χ2n) is 17.7. The third-order valence-corrected chi connectivity index (χ3v) is 10.2. The summed E-state index contributed by atoms with van der Waals surface area (Å²) in [5, 5.41) is 8.77. The minimum atomic E-state index is -0.744. The quantitative estimate of drug-likeness (QED) is 0.0161. The molecule has 0 fully saturated rings. The largest absolute Gasteiger partial charge is 0.494 e. The van der Waals surface area contributed by atoms with Crippen LogP contribution in [0.1, 0.15) is 69.2 Å². The minimum absolute atomic E-state index is 0.0207. The number of aliphatic imine (C=N–C) groups is 3. The van der Waals surface area contributed by atoms with Crippen LogP contribution in [0, 0.1) is 0 Å². The third kappa shape index (κ3) is 19.1. The van der Waals surface area contributed by atoms with Gasteiger partial charge in [0.15, 0.2) is 0 Å². The number of nitrogens with two attached hydrogens (primary N) is 5. The van der Waals surface area contributed by atoms with Gasteiger partial charge in [-0.1, -0.05) is 18.2 Å². The van der Waals surface area contributed by atoms with Gasteiger partial charge in [-0.3, -0.25) is 44.8 Å². The summed E-state index contributed by atoms with van der Waals surface area (Å²) < 4.78 is 31.3. The zero-order valence-electron chi connectivity index (χ0n) is 44.8. The zero-order chi connectivity index (χ0) is 56.7. The van der Waals surface area contributed by atoms with Gasteiger partial charge >= 0.3 is 5.97 Å². The molecule has 2 aromatic carbocycles. The maximum Gasteiger partial charge on any atom is 0.332 e. The molecule has 4 aromatic rings. The number of carbonyl (C=O) groups is 5. The van der Waals surface area contributed by atoms with Gasteiger partial charge in [-0.15, -0.1) is 0 Å². The Morgan fingerprint density at radius 2 is 1.23 bits per heavy atom. The maximum atomic E-state index is 13.8. The topological polar surface area (TPSA) is 370 Å². The summed E-state index contributed by atoms with van der Waals surface area (Å²) in [7, 11) is 1.42. The van der Waals surface area contributed by atoms with Crippen LogP contribution in [0.4, 0.5) is 11.9 Å². The number of benzene rings is 2. The number of allylic oxidation sites excluding steroid dienone is 5. The van der Waals surface area contributed by atoms with Gasteiger partial charge in [0.1, 0.15) is 52.8 Å². The number of methoxy groups -OCH3 is 1. The molecule has 0 unspecified atom stereocenters. The second-order valence-corrected chi connectivity index (χ2v) is 17.7. The SMILES string of the molecule is CCN=C(/C=C(/C)N)C(=O)Nc1nc2cc(C(N)=O)cc(OC)c2n1C/C=C/Cn1c(NC(=O)C(/C=C(/C)N)=NCC)nc2cc(C(N)=O)cc(OC/C=C/CN=C/C(=C\N)NCCOCCOCC(=O)OC(C)(C)C)c21. The lowest BCUT2D eigenvalue weighted by molar-refractivity contribution is -0.160. The number of nitrogens with zero attached hydrogens (tertiary/aromatic N) is 7. The van der Waals surface area contributed by atoms with Crippen LogP contribution < -0.4 is 54.1 Å². The number of amides is 4. The predicted octanol–water partition coefficient (Wildman–Crippen LogP) is 3.14. The number of aromatic nitrogens is 4. The predicted molar refractivity (Wildman–Crippen MR) is 297 cm³/mol. The number of rotatable bonds is 30. The Labute approximate surface area is 446 Å². The van der Waals surface area contributed by atoms with Gasteiger partial charge in [-0.05, 0) is 91.0 Å². The molecular formula is C52H71N15O10. The standard InChI is InChI=1S/C52H71N15O10/c1-9-59-39(23-32(3)54)48(71)64-50-62-37-25-34(46(56)69)27-41(73-8)44(37)66(50)17-12-13-18-67-45-38(63-51(67)65-49(72)40(60-10-2)24-33(4)55)26-35(47(57)70)28-42(45)76-19-14-11-15-58-30-36(29-53)61-16-20-74-21-22-75-31-43(68)77-52(5,6)7/h11-14,23-30,61H,9-10,15-22,31,53-55H2,1-8H3,(H2,56,69)(H2,57,70)(H,62,64,71)(H,63,65,72)/b13-12+,14-11+,32-23-,33-24-,36-29+,58-30?,59-39?,60-40?. The van der Waals surface area contributed by atoms with E-state index in [4.69, 9.17) is 57.3 Å². The molecule has 0 atom stereocenters. The summed E-state index contributed by atoms with van der Waals surface area (Å²) in [6.45, 7) is 14.3. The molecule has 0 aliphatic carbocycles. The fraction of sp³-hybridized carbons (Fsp3) is 0.385. The average molecular weight is 1070 g/mol. The van der Waals surface area contributed by atoms with Crippen LogP contribution in [0.5, 0.6) is 11.5 Å². The first-order chi connectivity index (χ1) is 36.7. The Bertz CT molecular complexity index is 3000. The molecule has 0 aliphatic rings. The molecule has 4 amide bonds. The van der Waals surface area contributed by atoms with E-state index in [2.05, 4.69) is 35.9 Å². The third-order valence-electron chi connectivity index (χ3n) is 10.2. The van der Waals surface area contributed by atoms with Crippen molar-refractivity contribution in [3.63, 3.8) is 0 Å². The molecule has 4 rings (SSSR count). The highest BCUT2D eigenvalue weighted by Crippen LogP contribution is 2.33. The van der Waals surface area contributed by atoms with E-state index in [0.29, 0.717) is 53.3 Å². The first kappa shape index (κ1) is 60.7. The minimum Gasteiger partial charge on any atom is -0.494 e. The van der Waals surface area contributed by atoms with Gasteiger partial charge in [0.05, 0.1) is 50.2 Å². The monoisotopic (exact) mass is 1070 g/mol. The number of imidazole rings is 2. The number of primary amides is 2. The Morgan fingerprint density at radius 3 is 1.71 bits per heavy atom. The van der Waals surface area contributed by atoms with E-state index in [1.165, 1.54) is 49.7 Å². The molecule has 0 spiro atoms. The molecule has 77 heavy (non-hydrogen) atoms. The lowest BCUT2D eigenvalue weighted by atomic mass is 10.1. The van der Waals surface area contributed by atoms with E-state index in [0.717, 1.165) is 0 Å². The van der Waals surface area contributed by atoms with Crippen LogP contribution in [0.25, 0.3) is 22.1 Å². The summed E-state index contributed by atoms with van der Waals surface area (Å²) in [6, 6.07) is 5.93. The lowest BCUT2D eigenvalue weighted by Gasteiger charge is -2.19. The number of carbonyl (C=O) groups excluding carboxylic acids is 5. The summed E-state index contributed by atoms with van der Waals surface area (Å²) in [4.78, 5) is 86.4. The van der Waals surface area contributed by atoms with E-state index < -0.39 is 35.2 Å². The number of hydrogen-bond donors (Lipinski definition) is 8. The smallest absolute Gasteiger partial charge is 0.332 e. The van der Waals surface area contributed by atoms with Crippen LogP contribution in [0.2, 0.25) is 0 Å². The number of ether oxygens (including phenoxy) is 5. The molecule has 25 heteroatoms. The maximum absolute atomic E-state index is 13.8. The molecule has 2 heterocycles. The molecule has 0 radical (unpaired) electrons. The van der Waals surface area contributed by atoms with Crippen molar-refractivity contribution in [1.82, 2.24) is 24.4 Å². The number of hydrogen-bond acceptors (Lipinski definition) is 19. The van der Waals surface area contributed by atoms with E-state index in [9.17, 15) is 24.0 Å². The second kappa shape index (κ2) is 29.9. The molecular weight excluding hydrogens is 995 g/mol. The summed E-state index contributed by atoms with van der Waals surface area (Å²) >= 11 is 0. The van der Waals surface area contributed by atoms with Crippen molar-refractivity contribution in [3.8, 4) is 11.5 Å². The van der Waals surface area contributed by atoms with E-state index >= 15 is 0 Å². The summed E-state index contributed by atoms with van der Waals surface area (Å²) in [5.74, 6) is -2.46. The van der Waals surface area contributed by atoms with Crippen molar-refractivity contribution in [1.29, 1.82) is 0 Å². The molecule has 0 saturated carbocycles. The molecule has 0 aliphatic heterocycles.